The first-order valence-electron chi connectivity index (χ1n) is 11.1. The molecule has 164 valence electrons. The molecule has 0 aromatic heterocycles. The van der Waals surface area contributed by atoms with E-state index < -0.39 is 0 Å². The molecule has 0 heterocycles. The molecule has 0 aliphatic heterocycles. The molecule has 5 nitrogen and oxygen atoms in total. The fraction of sp³-hybridized carbons (Fsp3) is 0.259. The summed E-state index contributed by atoms with van der Waals surface area (Å²) in [5, 5.41) is 9.22. The van der Waals surface area contributed by atoms with Crippen LogP contribution >= 0.6 is 0 Å². The zero-order valence-corrected chi connectivity index (χ0v) is 18.4. The number of fused-ring (bicyclic) bond motifs is 1. The number of hydrogen-bond donors (Lipinski definition) is 3. The zero-order chi connectivity index (χ0) is 22.3. The van der Waals surface area contributed by atoms with Crippen molar-refractivity contribution >= 4 is 17.5 Å². The van der Waals surface area contributed by atoms with Gasteiger partial charge in [-0.25, -0.2) is 0 Å². The number of anilines is 1. The molecule has 0 radical (unpaired) electrons. The smallest absolute Gasteiger partial charge is 0.253 e. The lowest BCUT2D eigenvalue weighted by atomic mass is 9.88. The molecule has 0 spiro atoms. The molecular formula is C27H29N3O2. The van der Waals surface area contributed by atoms with Crippen molar-refractivity contribution in [1.82, 2.24) is 10.6 Å². The van der Waals surface area contributed by atoms with E-state index in [1.54, 1.807) is 18.2 Å². The Bertz CT molecular complexity index is 1090. The van der Waals surface area contributed by atoms with Gasteiger partial charge in [-0.2, -0.15) is 0 Å². The number of rotatable bonds is 7. The van der Waals surface area contributed by atoms with E-state index in [4.69, 9.17) is 0 Å². The maximum absolute atomic E-state index is 12.8. The van der Waals surface area contributed by atoms with Crippen molar-refractivity contribution in [3.63, 3.8) is 0 Å². The van der Waals surface area contributed by atoms with E-state index >= 15 is 0 Å². The number of benzene rings is 3. The minimum absolute atomic E-state index is 0.160. The quantitative estimate of drug-likeness (QED) is 0.519. The van der Waals surface area contributed by atoms with E-state index in [0.717, 1.165) is 24.8 Å². The topological polar surface area (TPSA) is 70.2 Å². The molecule has 3 aromatic rings. The summed E-state index contributed by atoms with van der Waals surface area (Å²) in [6.07, 6.45) is 3.22. The van der Waals surface area contributed by atoms with Crippen molar-refractivity contribution in [3.05, 3.63) is 101 Å². The van der Waals surface area contributed by atoms with Crippen LogP contribution in [-0.2, 0) is 17.8 Å². The molecule has 0 saturated heterocycles. The monoisotopic (exact) mass is 427 g/mol. The molecule has 32 heavy (non-hydrogen) atoms. The molecule has 1 unspecified atom stereocenters. The number of para-hydroxylation sites is 1. The van der Waals surface area contributed by atoms with Gasteiger partial charge in [-0.05, 0) is 55.0 Å². The number of hydrogen-bond acceptors (Lipinski definition) is 3. The zero-order valence-electron chi connectivity index (χ0n) is 18.4. The first-order valence-corrected chi connectivity index (χ1v) is 11.1. The Labute approximate surface area is 189 Å². The van der Waals surface area contributed by atoms with Gasteiger partial charge in [0.15, 0.2) is 0 Å². The van der Waals surface area contributed by atoms with Gasteiger partial charge in [-0.15, -0.1) is 0 Å². The fourth-order valence-corrected chi connectivity index (χ4v) is 4.15. The predicted octanol–water partition coefficient (Wildman–Crippen LogP) is 4.53. The van der Waals surface area contributed by atoms with Gasteiger partial charge in [-0.3, -0.25) is 9.59 Å². The fourth-order valence-electron chi connectivity index (χ4n) is 4.15. The average molecular weight is 428 g/mol. The standard InChI is InChI=1S/C27H29N3O2/c1-19-13-15-20(16-14-19)17-29-27(32)23-10-4-5-11-25(23)30-26(31)18-28-24-12-6-8-21-7-2-3-9-22(21)24/h2-5,7,9-11,13-16,24,28H,6,8,12,17-18H2,1H3,(H,29,32)(H,30,31). The van der Waals surface area contributed by atoms with Gasteiger partial charge in [-0.1, -0.05) is 66.2 Å². The number of nitrogens with one attached hydrogen (secondary N) is 3. The van der Waals surface area contributed by atoms with E-state index in [9.17, 15) is 9.59 Å². The molecule has 5 heteroatoms. The van der Waals surface area contributed by atoms with Crippen molar-refractivity contribution in [2.75, 3.05) is 11.9 Å². The SMILES string of the molecule is Cc1ccc(CNC(=O)c2ccccc2NC(=O)CNC2CCCc3ccccc32)cc1. The van der Waals surface area contributed by atoms with Crippen LogP contribution < -0.4 is 16.0 Å². The van der Waals surface area contributed by atoms with Crippen LogP contribution in [0.4, 0.5) is 5.69 Å². The molecule has 2 amide bonds. The van der Waals surface area contributed by atoms with E-state index in [1.165, 1.54) is 16.7 Å². The highest BCUT2D eigenvalue weighted by Crippen LogP contribution is 2.29. The number of amides is 2. The second kappa shape index (κ2) is 10.2. The normalized spacial score (nSPS) is 15.0. The molecule has 3 N–H and O–H groups in total. The maximum atomic E-state index is 12.8. The minimum Gasteiger partial charge on any atom is -0.348 e. The maximum Gasteiger partial charge on any atom is 0.253 e. The van der Waals surface area contributed by atoms with Crippen molar-refractivity contribution in [3.8, 4) is 0 Å². The van der Waals surface area contributed by atoms with Gasteiger partial charge in [0.05, 0.1) is 17.8 Å². The van der Waals surface area contributed by atoms with Gasteiger partial charge in [0, 0.05) is 12.6 Å². The molecule has 0 saturated carbocycles. The Kier molecular flexibility index (Phi) is 6.97. The van der Waals surface area contributed by atoms with Crippen molar-refractivity contribution in [1.29, 1.82) is 0 Å². The Balaban J connectivity index is 1.35. The molecule has 1 atom stereocenters. The summed E-state index contributed by atoms with van der Waals surface area (Å²) in [4.78, 5) is 25.4. The highest BCUT2D eigenvalue weighted by atomic mass is 16.2. The Hall–Kier alpha value is -3.44. The summed E-state index contributed by atoms with van der Waals surface area (Å²) in [6, 6.07) is 23.7. The lowest BCUT2D eigenvalue weighted by molar-refractivity contribution is -0.115. The van der Waals surface area contributed by atoms with Crippen LogP contribution in [0.3, 0.4) is 0 Å². The Morgan fingerprint density at radius 1 is 0.938 bits per heavy atom. The summed E-state index contributed by atoms with van der Waals surface area (Å²) in [5.41, 5.74) is 5.82. The average Bonchev–Trinajstić information content (AvgIpc) is 2.82. The highest BCUT2D eigenvalue weighted by molar-refractivity contribution is 6.04. The van der Waals surface area contributed by atoms with E-state index in [0.29, 0.717) is 17.8 Å². The minimum atomic E-state index is -0.212. The van der Waals surface area contributed by atoms with Crippen LogP contribution in [0.5, 0.6) is 0 Å². The van der Waals surface area contributed by atoms with Gasteiger partial charge in [0.25, 0.3) is 5.91 Å². The van der Waals surface area contributed by atoms with Gasteiger partial charge in [0.2, 0.25) is 5.91 Å². The third kappa shape index (κ3) is 5.42. The van der Waals surface area contributed by atoms with E-state index in [2.05, 4.69) is 34.1 Å². The second-order valence-electron chi connectivity index (χ2n) is 8.29. The molecule has 4 rings (SSSR count). The van der Waals surface area contributed by atoms with Crippen LogP contribution in [0.25, 0.3) is 0 Å². The molecule has 1 aliphatic carbocycles. The van der Waals surface area contributed by atoms with Crippen LogP contribution in [0, 0.1) is 6.92 Å². The second-order valence-corrected chi connectivity index (χ2v) is 8.29. The number of aryl methyl sites for hydroxylation is 2. The third-order valence-corrected chi connectivity index (χ3v) is 5.90. The Morgan fingerprint density at radius 3 is 2.53 bits per heavy atom. The Morgan fingerprint density at radius 2 is 1.69 bits per heavy atom. The highest BCUT2D eigenvalue weighted by Gasteiger charge is 2.20. The van der Waals surface area contributed by atoms with Crippen molar-refractivity contribution in [2.45, 2.75) is 38.8 Å². The van der Waals surface area contributed by atoms with Crippen LogP contribution in [0.2, 0.25) is 0 Å². The molecule has 0 fully saturated rings. The lowest BCUT2D eigenvalue weighted by Gasteiger charge is -2.26. The molecule has 1 aliphatic rings. The van der Waals surface area contributed by atoms with Crippen LogP contribution in [-0.4, -0.2) is 18.4 Å². The third-order valence-electron chi connectivity index (χ3n) is 5.90. The van der Waals surface area contributed by atoms with Gasteiger partial charge >= 0.3 is 0 Å². The summed E-state index contributed by atoms with van der Waals surface area (Å²) >= 11 is 0. The van der Waals surface area contributed by atoms with Gasteiger partial charge < -0.3 is 16.0 Å². The number of carbonyl (C=O) groups excluding carboxylic acids is 2. The van der Waals surface area contributed by atoms with Crippen molar-refractivity contribution < 1.29 is 9.59 Å². The van der Waals surface area contributed by atoms with E-state index in [-0.39, 0.29) is 24.4 Å². The molecular weight excluding hydrogens is 398 g/mol. The predicted molar refractivity (Wildman–Crippen MR) is 128 cm³/mol. The van der Waals surface area contributed by atoms with Crippen molar-refractivity contribution in [2.24, 2.45) is 0 Å². The van der Waals surface area contributed by atoms with Crippen LogP contribution in [0.1, 0.15) is 51.5 Å². The lowest BCUT2D eigenvalue weighted by Crippen LogP contribution is -2.33. The first-order chi connectivity index (χ1) is 15.6. The molecule has 3 aromatic carbocycles. The molecule has 0 bridgehead atoms. The largest absolute Gasteiger partial charge is 0.348 e. The van der Waals surface area contributed by atoms with E-state index in [1.807, 2.05) is 43.3 Å². The van der Waals surface area contributed by atoms with Crippen LogP contribution in [0.15, 0.2) is 72.8 Å². The first kappa shape index (κ1) is 21.8. The summed E-state index contributed by atoms with van der Waals surface area (Å²) in [6.45, 7) is 2.66. The van der Waals surface area contributed by atoms with Gasteiger partial charge in [0.1, 0.15) is 0 Å². The summed E-state index contributed by atoms with van der Waals surface area (Å²) in [7, 11) is 0. The summed E-state index contributed by atoms with van der Waals surface area (Å²) in [5.74, 6) is -0.373. The number of carbonyl (C=O) groups is 2. The summed E-state index contributed by atoms with van der Waals surface area (Å²) < 4.78 is 0.